The molecular formula is C22H27BrO2Si. The Balaban J connectivity index is 1.96. The number of rotatable bonds is 4. The van der Waals surface area contributed by atoms with Crippen molar-refractivity contribution in [3.05, 3.63) is 70.2 Å². The fourth-order valence-corrected chi connectivity index (χ4v) is 4.44. The first-order valence-corrected chi connectivity index (χ1v) is 12.8. The van der Waals surface area contributed by atoms with Crippen LogP contribution in [0, 0.1) is 0 Å². The third-order valence-electron chi connectivity index (χ3n) is 5.39. The van der Waals surface area contributed by atoms with Gasteiger partial charge in [-0.25, -0.2) is 0 Å². The summed E-state index contributed by atoms with van der Waals surface area (Å²) in [6.07, 6.45) is 4.00. The van der Waals surface area contributed by atoms with E-state index in [0.717, 1.165) is 10.2 Å². The first-order chi connectivity index (χ1) is 12.2. The average Bonchev–Trinajstić information content (AvgIpc) is 2.57. The molecule has 2 aromatic carbocycles. The van der Waals surface area contributed by atoms with Crippen LogP contribution in [0.2, 0.25) is 18.1 Å². The SMILES string of the molecule is CC(C)(C)[Si](C)(C)O[C@@H]1c2ccccc2C=C[C@H]1Oc1ccccc1Br. The van der Waals surface area contributed by atoms with Gasteiger partial charge in [0.15, 0.2) is 8.32 Å². The summed E-state index contributed by atoms with van der Waals surface area (Å²) in [6, 6.07) is 16.4. The third-order valence-corrected chi connectivity index (χ3v) is 10.5. The molecule has 3 rings (SSSR count). The van der Waals surface area contributed by atoms with Gasteiger partial charge in [0.2, 0.25) is 0 Å². The quantitative estimate of drug-likeness (QED) is 0.486. The number of fused-ring (bicyclic) bond motifs is 1. The number of hydrogen-bond acceptors (Lipinski definition) is 2. The molecule has 2 atom stereocenters. The molecule has 4 heteroatoms. The third kappa shape index (κ3) is 3.97. The van der Waals surface area contributed by atoms with Crippen molar-refractivity contribution in [3.63, 3.8) is 0 Å². The molecule has 0 N–H and O–H groups in total. The van der Waals surface area contributed by atoms with Gasteiger partial charge in [-0.2, -0.15) is 0 Å². The lowest BCUT2D eigenvalue weighted by Crippen LogP contribution is -2.45. The van der Waals surface area contributed by atoms with Crippen LogP contribution in [-0.4, -0.2) is 14.4 Å². The number of para-hydroxylation sites is 1. The molecule has 0 saturated heterocycles. The largest absolute Gasteiger partial charge is 0.482 e. The molecule has 0 spiro atoms. The Morgan fingerprint density at radius 2 is 1.62 bits per heavy atom. The Morgan fingerprint density at radius 1 is 0.962 bits per heavy atom. The molecule has 0 unspecified atom stereocenters. The van der Waals surface area contributed by atoms with E-state index in [1.807, 2.05) is 24.3 Å². The highest BCUT2D eigenvalue weighted by Gasteiger charge is 2.42. The van der Waals surface area contributed by atoms with Crippen molar-refractivity contribution in [1.29, 1.82) is 0 Å². The molecule has 2 nitrogen and oxygen atoms in total. The molecule has 0 aliphatic heterocycles. The second-order valence-corrected chi connectivity index (χ2v) is 13.9. The minimum atomic E-state index is -1.96. The molecule has 1 aliphatic carbocycles. The van der Waals surface area contributed by atoms with E-state index in [0.29, 0.717) is 0 Å². The van der Waals surface area contributed by atoms with Crippen LogP contribution in [0.4, 0.5) is 0 Å². The van der Waals surface area contributed by atoms with Crippen LogP contribution in [0.5, 0.6) is 5.75 Å². The van der Waals surface area contributed by atoms with Gasteiger partial charge in [0.1, 0.15) is 18.0 Å². The lowest BCUT2D eigenvalue weighted by atomic mass is 9.93. The molecule has 0 fully saturated rings. The molecule has 0 heterocycles. The molecule has 2 aromatic rings. The minimum absolute atomic E-state index is 0.107. The standard InChI is InChI=1S/C22H27BrO2Si/c1-22(2,3)26(4,5)25-21-17-11-7-6-10-16(17)14-15-20(21)24-19-13-9-8-12-18(19)23/h6-15,20-21H,1-5H3/t20-,21-/m1/s1. The van der Waals surface area contributed by atoms with E-state index in [9.17, 15) is 0 Å². The molecule has 0 bridgehead atoms. The van der Waals surface area contributed by atoms with E-state index in [1.165, 1.54) is 11.1 Å². The van der Waals surface area contributed by atoms with Crippen LogP contribution in [-0.2, 0) is 4.43 Å². The highest BCUT2D eigenvalue weighted by atomic mass is 79.9. The van der Waals surface area contributed by atoms with Gasteiger partial charge in [0, 0.05) is 0 Å². The maximum absolute atomic E-state index is 6.84. The molecule has 138 valence electrons. The van der Waals surface area contributed by atoms with Gasteiger partial charge in [-0.05, 0) is 63.4 Å². The summed E-state index contributed by atoms with van der Waals surface area (Å²) in [7, 11) is -1.96. The van der Waals surface area contributed by atoms with Gasteiger partial charge < -0.3 is 9.16 Å². The Morgan fingerprint density at radius 3 is 2.31 bits per heavy atom. The van der Waals surface area contributed by atoms with Crippen molar-refractivity contribution in [1.82, 2.24) is 0 Å². The van der Waals surface area contributed by atoms with Crippen LogP contribution in [0.15, 0.2) is 59.1 Å². The summed E-state index contributed by atoms with van der Waals surface area (Å²) in [5, 5.41) is 0.140. The second kappa shape index (κ2) is 7.33. The van der Waals surface area contributed by atoms with Crippen LogP contribution in [0.25, 0.3) is 6.08 Å². The molecule has 0 saturated carbocycles. The number of benzene rings is 2. The van der Waals surface area contributed by atoms with Crippen molar-refractivity contribution in [2.75, 3.05) is 0 Å². The van der Waals surface area contributed by atoms with Crippen LogP contribution >= 0.6 is 15.9 Å². The predicted octanol–water partition coefficient (Wildman–Crippen LogP) is 6.99. The van der Waals surface area contributed by atoms with E-state index in [4.69, 9.17) is 9.16 Å². The van der Waals surface area contributed by atoms with E-state index in [1.54, 1.807) is 0 Å². The fraction of sp³-hybridized carbons (Fsp3) is 0.364. The number of ether oxygens (including phenoxy) is 1. The van der Waals surface area contributed by atoms with Gasteiger partial charge in [0.05, 0.1) is 4.47 Å². The lowest BCUT2D eigenvalue weighted by molar-refractivity contribution is 0.0699. The Bertz CT molecular complexity index is 808. The zero-order chi connectivity index (χ0) is 18.9. The Hall–Kier alpha value is -1.36. The van der Waals surface area contributed by atoms with Gasteiger partial charge in [-0.1, -0.05) is 63.2 Å². The topological polar surface area (TPSA) is 18.5 Å². The predicted molar refractivity (Wildman–Crippen MR) is 115 cm³/mol. The van der Waals surface area contributed by atoms with Crippen LogP contribution in [0.1, 0.15) is 38.0 Å². The highest BCUT2D eigenvalue weighted by Crippen LogP contribution is 2.43. The maximum Gasteiger partial charge on any atom is 0.193 e. The molecular weight excluding hydrogens is 404 g/mol. The van der Waals surface area contributed by atoms with Crippen molar-refractivity contribution in [2.24, 2.45) is 0 Å². The van der Waals surface area contributed by atoms with Crippen LogP contribution in [0.3, 0.4) is 0 Å². The summed E-state index contributed by atoms with van der Waals surface area (Å²) in [4.78, 5) is 0. The van der Waals surface area contributed by atoms with Gasteiger partial charge in [0.25, 0.3) is 0 Å². The average molecular weight is 431 g/mol. The lowest BCUT2D eigenvalue weighted by Gasteiger charge is -2.42. The second-order valence-electron chi connectivity index (χ2n) is 8.30. The van der Waals surface area contributed by atoms with E-state index < -0.39 is 8.32 Å². The van der Waals surface area contributed by atoms with Crippen molar-refractivity contribution in [2.45, 2.75) is 51.1 Å². The maximum atomic E-state index is 6.84. The monoisotopic (exact) mass is 430 g/mol. The summed E-state index contributed by atoms with van der Waals surface area (Å²) >= 11 is 3.59. The molecule has 0 amide bonds. The fourth-order valence-electron chi connectivity index (χ4n) is 2.81. The molecule has 0 aromatic heterocycles. The minimum Gasteiger partial charge on any atom is -0.482 e. The highest BCUT2D eigenvalue weighted by molar-refractivity contribution is 9.10. The molecule has 1 aliphatic rings. The van der Waals surface area contributed by atoms with Gasteiger partial charge >= 0.3 is 0 Å². The molecule has 0 radical (unpaired) electrons. The van der Waals surface area contributed by atoms with E-state index in [2.05, 4.69) is 86.2 Å². The summed E-state index contributed by atoms with van der Waals surface area (Å²) in [6.45, 7) is 11.4. The van der Waals surface area contributed by atoms with Gasteiger partial charge in [-0.15, -0.1) is 0 Å². The first-order valence-electron chi connectivity index (χ1n) is 9.05. The first kappa shape index (κ1) is 19.4. The summed E-state index contributed by atoms with van der Waals surface area (Å²) < 4.78 is 14.2. The van der Waals surface area contributed by atoms with Gasteiger partial charge in [-0.3, -0.25) is 0 Å². The van der Waals surface area contributed by atoms with Crippen molar-refractivity contribution >= 4 is 30.3 Å². The van der Waals surface area contributed by atoms with Crippen LogP contribution < -0.4 is 4.74 Å². The zero-order valence-corrected chi connectivity index (χ0v) is 18.7. The normalized spacial score (nSPS) is 19.9. The Labute approximate surface area is 166 Å². The zero-order valence-electron chi connectivity index (χ0n) is 16.1. The summed E-state index contributed by atoms with van der Waals surface area (Å²) in [5.74, 6) is 0.838. The van der Waals surface area contributed by atoms with E-state index >= 15 is 0 Å². The smallest absolute Gasteiger partial charge is 0.193 e. The van der Waals surface area contributed by atoms with Crippen molar-refractivity contribution < 1.29 is 9.16 Å². The van der Waals surface area contributed by atoms with Crippen molar-refractivity contribution in [3.8, 4) is 5.75 Å². The molecule has 26 heavy (non-hydrogen) atoms. The Kier molecular flexibility index (Phi) is 5.47. The number of halogens is 1. The summed E-state index contributed by atoms with van der Waals surface area (Å²) in [5.41, 5.74) is 2.42. The van der Waals surface area contributed by atoms with E-state index in [-0.39, 0.29) is 17.2 Å². The number of hydrogen-bond donors (Lipinski definition) is 0.